The Bertz CT molecular complexity index is 3260. The smallest absolute Gasteiger partial charge is 0.227 e. The lowest BCUT2D eigenvalue weighted by atomic mass is 9.94. The highest BCUT2D eigenvalue weighted by atomic mass is 16.3. The van der Waals surface area contributed by atoms with Crippen molar-refractivity contribution in [3.63, 3.8) is 0 Å². The van der Waals surface area contributed by atoms with Crippen molar-refractivity contribution in [2.45, 2.75) is 0 Å². The highest BCUT2D eigenvalue weighted by Crippen LogP contribution is 2.45. The molecule has 1 heterocycles. The second-order valence-electron chi connectivity index (χ2n) is 14.4. The summed E-state index contributed by atoms with van der Waals surface area (Å²) in [5, 5.41) is 9.28. The standard InChI is InChI=1S/C53H34N2O/c1-3-12-35(13-4-1)41-18-9-20-44(33-41)55(45-21-10-19-42(34-45)43-27-24-36-14-7-8-17-40(36)32-43)49-23-11-22-47-46(49)30-28-37-25-26-38-29-31-48-52(51(38)50(37)47)56-53(54-48)39-15-5-2-6-16-39/h1-34H. The highest BCUT2D eigenvalue weighted by molar-refractivity contribution is 6.27. The molecule has 262 valence electrons. The maximum absolute atomic E-state index is 6.66. The first-order valence-electron chi connectivity index (χ1n) is 19.0. The van der Waals surface area contributed by atoms with Crippen molar-refractivity contribution in [2.75, 3.05) is 4.90 Å². The summed E-state index contributed by atoms with van der Waals surface area (Å²) in [6.45, 7) is 0. The lowest BCUT2D eigenvalue weighted by molar-refractivity contribution is 0.623. The maximum Gasteiger partial charge on any atom is 0.227 e. The summed E-state index contributed by atoms with van der Waals surface area (Å²) in [6, 6.07) is 73.7. The number of anilines is 3. The molecule has 0 N–H and O–H groups in total. The summed E-state index contributed by atoms with van der Waals surface area (Å²) in [5.41, 5.74) is 10.6. The van der Waals surface area contributed by atoms with Gasteiger partial charge < -0.3 is 9.32 Å². The molecule has 0 spiro atoms. The van der Waals surface area contributed by atoms with Crippen molar-refractivity contribution in [3.8, 4) is 33.7 Å². The first-order chi connectivity index (χ1) is 27.7. The van der Waals surface area contributed by atoms with E-state index in [1.54, 1.807) is 0 Å². The van der Waals surface area contributed by atoms with Crippen LogP contribution in [0.4, 0.5) is 17.1 Å². The van der Waals surface area contributed by atoms with Crippen LogP contribution in [-0.4, -0.2) is 4.98 Å². The minimum Gasteiger partial charge on any atom is -0.435 e. The van der Waals surface area contributed by atoms with Crippen LogP contribution in [0.15, 0.2) is 211 Å². The van der Waals surface area contributed by atoms with E-state index < -0.39 is 0 Å². The molecular formula is C53H34N2O. The van der Waals surface area contributed by atoms with Crippen LogP contribution in [0, 0.1) is 0 Å². The highest BCUT2D eigenvalue weighted by Gasteiger charge is 2.20. The molecule has 3 heteroatoms. The van der Waals surface area contributed by atoms with Crippen LogP contribution in [0.5, 0.6) is 0 Å². The predicted octanol–water partition coefficient (Wildman–Crippen LogP) is 14.9. The summed E-state index contributed by atoms with van der Waals surface area (Å²) in [4.78, 5) is 7.36. The molecular weight excluding hydrogens is 681 g/mol. The summed E-state index contributed by atoms with van der Waals surface area (Å²) in [5.74, 6) is 0.627. The van der Waals surface area contributed by atoms with E-state index in [-0.39, 0.29) is 0 Å². The van der Waals surface area contributed by atoms with E-state index in [0.717, 1.165) is 77.2 Å². The molecule has 56 heavy (non-hydrogen) atoms. The molecule has 0 radical (unpaired) electrons. The normalized spacial score (nSPS) is 11.6. The Labute approximate surface area is 324 Å². The Kier molecular flexibility index (Phi) is 7.49. The fourth-order valence-corrected chi connectivity index (χ4v) is 8.33. The first kappa shape index (κ1) is 32.0. The van der Waals surface area contributed by atoms with E-state index in [4.69, 9.17) is 9.40 Å². The third-order valence-corrected chi connectivity index (χ3v) is 11.0. The fraction of sp³-hybridized carbons (Fsp3) is 0. The Morgan fingerprint density at radius 2 is 0.929 bits per heavy atom. The number of rotatable bonds is 6. The fourth-order valence-electron chi connectivity index (χ4n) is 8.33. The molecule has 0 bridgehead atoms. The maximum atomic E-state index is 6.66. The van der Waals surface area contributed by atoms with Gasteiger partial charge in [0.15, 0.2) is 5.58 Å². The van der Waals surface area contributed by atoms with Gasteiger partial charge in [-0.2, -0.15) is 0 Å². The van der Waals surface area contributed by atoms with Gasteiger partial charge in [-0.3, -0.25) is 0 Å². The van der Waals surface area contributed by atoms with E-state index in [1.165, 1.54) is 21.9 Å². The van der Waals surface area contributed by atoms with Crippen molar-refractivity contribution in [2.24, 2.45) is 0 Å². The van der Waals surface area contributed by atoms with Crippen LogP contribution in [0.1, 0.15) is 0 Å². The lowest BCUT2D eigenvalue weighted by Crippen LogP contribution is -2.10. The number of oxazole rings is 1. The molecule has 0 unspecified atom stereocenters. The van der Waals surface area contributed by atoms with Crippen molar-refractivity contribution in [1.82, 2.24) is 4.98 Å². The molecule has 0 fully saturated rings. The quantitative estimate of drug-likeness (QED) is 0.161. The summed E-state index contributed by atoms with van der Waals surface area (Å²) >= 11 is 0. The number of aromatic nitrogens is 1. The van der Waals surface area contributed by atoms with Crippen molar-refractivity contribution in [3.05, 3.63) is 206 Å². The molecule has 0 saturated carbocycles. The van der Waals surface area contributed by atoms with Gasteiger partial charge in [-0.1, -0.05) is 152 Å². The number of benzene rings is 10. The van der Waals surface area contributed by atoms with Gasteiger partial charge in [-0.25, -0.2) is 4.98 Å². The van der Waals surface area contributed by atoms with Crippen molar-refractivity contribution in [1.29, 1.82) is 0 Å². The zero-order valence-corrected chi connectivity index (χ0v) is 30.4. The van der Waals surface area contributed by atoms with Gasteiger partial charge in [0.25, 0.3) is 0 Å². The summed E-state index contributed by atoms with van der Waals surface area (Å²) in [6.07, 6.45) is 0. The Morgan fingerprint density at radius 1 is 0.357 bits per heavy atom. The SMILES string of the molecule is c1ccc(-c2cccc(N(c3cccc(-c4ccc5ccccc5c4)c3)c3cccc4c3ccc3ccc5ccc6nc(-c7ccccc7)oc6c5c34)c2)cc1. The predicted molar refractivity (Wildman–Crippen MR) is 235 cm³/mol. The van der Waals surface area contributed by atoms with Crippen LogP contribution < -0.4 is 4.90 Å². The molecule has 3 nitrogen and oxygen atoms in total. The van der Waals surface area contributed by atoms with Crippen LogP contribution in [0.2, 0.25) is 0 Å². The summed E-state index contributed by atoms with van der Waals surface area (Å²) < 4.78 is 6.66. The first-order valence-corrected chi connectivity index (χ1v) is 19.0. The average molecular weight is 715 g/mol. The van der Waals surface area contributed by atoms with E-state index in [2.05, 4.69) is 181 Å². The van der Waals surface area contributed by atoms with Crippen LogP contribution >= 0.6 is 0 Å². The molecule has 0 aliphatic rings. The molecule has 1 aromatic heterocycles. The van der Waals surface area contributed by atoms with Gasteiger partial charge in [-0.15, -0.1) is 0 Å². The number of hydrogen-bond donors (Lipinski definition) is 0. The molecule has 0 amide bonds. The molecule has 0 aliphatic carbocycles. The monoisotopic (exact) mass is 714 g/mol. The minimum absolute atomic E-state index is 0.627. The molecule has 0 aliphatic heterocycles. The summed E-state index contributed by atoms with van der Waals surface area (Å²) in [7, 11) is 0. The van der Waals surface area contributed by atoms with E-state index in [1.807, 2.05) is 30.3 Å². The number of fused-ring (bicyclic) bond motifs is 8. The Hall–Kier alpha value is -7.49. The van der Waals surface area contributed by atoms with E-state index in [0.29, 0.717) is 5.89 Å². The lowest BCUT2D eigenvalue weighted by Gasteiger charge is -2.28. The average Bonchev–Trinajstić information content (AvgIpc) is 3.72. The Balaban J connectivity index is 1.15. The largest absolute Gasteiger partial charge is 0.435 e. The van der Waals surface area contributed by atoms with Crippen molar-refractivity contribution >= 4 is 71.3 Å². The minimum atomic E-state index is 0.627. The zero-order valence-electron chi connectivity index (χ0n) is 30.4. The molecule has 0 atom stereocenters. The van der Waals surface area contributed by atoms with Gasteiger partial charge in [0.05, 0.1) is 5.69 Å². The molecule has 11 aromatic rings. The van der Waals surface area contributed by atoms with Crippen LogP contribution in [0.3, 0.4) is 0 Å². The van der Waals surface area contributed by atoms with Gasteiger partial charge in [-0.05, 0) is 104 Å². The molecule has 11 rings (SSSR count). The van der Waals surface area contributed by atoms with Gasteiger partial charge in [0.2, 0.25) is 5.89 Å². The van der Waals surface area contributed by atoms with Gasteiger partial charge >= 0.3 is 0 Å². The molecule has 10 aromatic carbocycles. The number of hydrogen-bond acceptors (Lipinski definition) is 3. The molecule has 0 saturated heterocycles. The van der Waals surface area contributed by atoms with Crippen molar-refractivity contribution < 1.29 is 4.42 Å². The van der Waals surface area contributed by atoms with Gasteiger partial charge in [0.1, 0.15) is 5.52 Å². The van der Waals surface area contributed by atoms with Crippen LogP contribution in [-0.2, 0) is 0 Å². The van der Waals surface area contributed by atoms with E-state index in [9.17, 15) is 0 Å². The van der Waals surface area contributed by atoms with Crippen LogP contribution in [0.25, 0.3) is 87.9 Å². The topological polar surface area (TPSA) is 29.3 Å². The van der Waals surface area contributed by atoms with Gasteiger partial charge in [0, 0.05) is 33.1 Å². The second kappa shape index (κ2) is 13.1. The Morgan fingerprint density at radius 3 is 1.70 bits per heavy atom. The zero-order chi connectivity index (χ0) is 37.0. The van der Waals surface area contributed by atoms with E-state index >= 15 is 0 Å². The number of nitrogens with zero attached hydrogens (tertiary/aromatic N) is 2. The second-order valence-corrected chi connectivity index (χ2v) is 14.4. The third kappa shape index (κ3) is 5.40. The third-order valence-electron chi connectivity index (χ3n) is 11.0.